The van der Waals surface area contributed by atoms with Crippen molar-refractivity contribution in [2.75, 3.05) is 0 Å². The fourth-order valence-corrected chi connectivity index (χ4v) is 3.21. The van der Waals surface area contributed by atoms with E-state index in [-0.39, 0.29) is 23.0 Å². The standard InChI is InChI=1S/C9H12N2O3S/c1-2-4(10)8-7(9(13)14)11-5(12)3-6(11)15-8/h4,6H,2-3,10H2,1H3,(H,13,14)/t4?,6-/m1/s1. The van der Waals surface area contributed by atoms with Gasteiger partial charge in [0.2, 0.25) is 5.91 Å². The van der Waals surface area contributed by atoms with Crippen LogP contribution in [-0.4, -0.2) is 33.3 Å². The molecule has 0 aromatic carbocycles. The zero-order valence-corrected chi connectivity index (χ0v) is 9.08. The normalized spacial score (nSPS) is 26.4. The Balaban J connectivity index is 2.35. The topological polar surface area (TPSA) is 83.6 Å². The van der Waals surface area contributed by atoms with E-state index in [1.807, 2.05) is 6.92 Å². The van der Waals surface area contributed by atoms with Crippen molar-refractivity contribution in [3.63, 3.8) is 0 Å². The zero-order valence-electron chi connectivity index (χ0n) is 8.27. The molecule has 1 saturated heterocycles. The van der Waals surface area contributed by atoms with Crippen molar-refractivity contribution in [1.82, 2.24) is 4.90 Å². The number of carboxylic acid groups (broad SMARTS) is 1. The molecule has 2 heterocycles. The maximum absolute atomic E-state index is 11.3. The van der Waals surface area contributed by atoms with Crippen LogP contribution < -0.4 is 5.73 Å². The third-order valence-corrected chi connectivity index (χ3v) is 4.02. The first kappa shape index (κ1) is 10.5. The van der Waals surface area contributed by atoms with Gasteiger partial charge in [-0.3, -0.25) is 9.69 Å². The number of hydrogen-bond donors (Lipinski definition) is 2. The minimum Gasteiger partial charge on any atom is -0.477 e. The molecule has 1 amide bonds. The number of carboxylic acids is 1. The van der Waals surface area contributed by atoms with Crippen LogP contribution in [0.25, 0.3) is 0 Å². The molecule has 2 rings (SSSR count). The maximum atomic E-state index is 11.3. The third-order valence-electron chi connectivity index (χ3n) is 2.62. The number of carbonyl (C=O) groups is 2. The number of nitrogens with two attached hydrogens (primary N) is 1. The van der Waals surface area contributed by atoms with Gasteiger partial charge in [0.15, 0.2) is 0 Å². The number of thioether (sulfide) groups is 1. The van der Waals surface area contributed by atoms with Crippen LogP contribution in [0.5, 0.6) is 0 Å². The van der Waals surface area contributed by atoms with Gasteiger partial charge in [-0.2, -0.15) is 0 Å². The zero-order chi connectivity index (χ0) is 11.2. The van der Waals surface area contributed by atoms with Crippen LogP contribution >= 0.6 is 11.8 Å². The predicted octanol–water partition coefficient (Wildman–Crippen LogP) is 0.325. The van der Waals surface area contributed by atoms with Crippen molar-refractivity contribution in [1.29, 1.82) is 0 Å². The van der Waals surface area contributed by atoms with Gasteiger partial charge in [-0.15, -0.1) is 11.8 Å². The molecule has 6 heteroatoms. The molecule has 0 saturated carbocycles. The van der Waals surface area contributed by atoms with E-state index in [1.54, 1.807) is 0 Å². The van der Waals surface area contributed by atoms with Gasteiger partial charge in [0.1, 0.15) is 5.70 Å². The highest BCUT2D eigenvalue weighted by Crippen LogP contribution is 2.47. The van der Waals surface area contributed by atoms with Crippen LogP contribution in [0.3, 0.4) is 0 Å². The van der Waals surface area contributed by atoms with E-state index in [9.17, 15) is 9.59 Å². The Labute approximate surface area is 91.3 Å². The monoisotopic (exact) mass is 228 g/mol. The molecule has 0 bridgehead atoms. The first-order valence-electron chi connectivity index (χ1n) is 4.78. The predicted molar refractivity (Wildman–Crippen MR) is 55.8 cm³/mol. The summed E-state index contributed by atoms with van der Waals surface area (Å²) in [6, 6.07) is -0.278. The molecule has 2 atom stereocenters. The fourth-order valence-electron chi connectivity index (χ4n) is 1.73. The van der Waals surface area contributed by atoms with Gasteiger partial charge in [-0.05, 0) is 6.42 Å². The summed E-state index contributed by atoms with van der Waals surface area (Å²) < 4.78 is 0. The minimum atomic E-state index is -1.06. The Morgan fingerprint density at radius 1 is 1.80 bits per heavy atom. The van der Waals surface area contributed by atoms with Crippen molar-refractivity contribution in [3.8, 4) is 0 Å². The molecule has 2 aliphatic rings. The highest BCUT2D eigenvalue weighted by Gasteiger charge is 2.49. The van der Waals surface area contributed by atoms with Gasteiger partial charge in [0.05, 0.1) is 11.8 Å². The van der Waals surface area contributed by atoms with Gasteiger partial charge < -0.3 is 10.8 Å². The smallest absolute Gasteiger partial charge is 0.353 e. The molecular formula is C9H12N2O3S. The Hall–Kier alpha value is -1.01. The molecule has 0 spiro atoms. The number of amides is 1. The third kappa shape index (κ3) is 1.44. The Bertz CT molecular complexity index is 366. The summed E-state index contributed by atoms with van der Waals surface area (Å²) in [7, 11) is 0. The van der Waals surface area contributed by atoms with E-state index in [4.69, 9.17) is 10.8 Å². The van der Waals surface area contributed by atoms with Crippen LogP contribution in [-0.2, 0) is 9.59 Å². The van der Waals surface area contributed by atoms with Crippen molar-refractivity contribution in [2.24, 2.45) is 5.73 Å². The molecule has 82 valence electrons. The van der Waals surface area contributed by atoms with Gasteiger partial charge in [0.25, 0.3) is 0 Å². The second-order valence-electron chi connectivity index (χ2n) is 3.57. The van der Waals surface area contributed by atoms with Crippen LogP contribution in [0.2, 0.25) is 0 Å². The number of β-lactam (4-membered cyclic amide) rings is 1. The maximum Gasteiger partial charge on any atom is 0.353 e. The van der Waals surface area contributed by atoms with Crippen LogP contribution in [0.1, 0.15) is 19.8 Å². The average molecular weight is 228 g/mol. The fraction of sp³-hybridized carbons (Fsp3) is 0.556. The molecule has 5 nitrogen and oxygen atoms in total. The summed E-state index contributed by atoms with van der Waals surface area (Å²) in [4.78, 5) is 24.3. The summed E-state index contributed by atoms with van der Waals surface area (Å²) in [5.41, 5.74) is 5.92. The van der Waals surface area contributed by atoms with Gasteiger partial charge in [0, 0.05) is 10.9 Å². The van der Waals surface area contributed by atoms with Crippen molar-refractivity contribution >= 4 is 23.6 Å². The van der Waals surface area contributed by atoms with E-state index in [1.165, 1.54) is 16.7 Å². The van der Waals surface area contributed by atoms with Crippen LogP contribution in [0.4, 0.5) is 0 Å². The SMILES string of the molecule is CCC(N)C1=C(C(=O)O)N2C(=O)C[C@H]2S1. The highest BCUT2D eigenvalue weighted by molar-refractivity contribution is 8.04. The molecule has 0 aromatic heterocycles. The largest absolute Gasteiger partial charge is 0.477 e. The molecule has 2 aliphatic heterocycles. The molecule has 0 aromatic rings. The lowest BCUT2D eigenvalue weighted by atomic mass is 10.1. The van der Waals surface area contributed by atoms with E-state index in [2.05, 4.69) is 0 Å². The van der Waals surface area contributed by atoms with Crippen molar-refractivity contribution in [3.05, 3.63) is 10.6 Å². The molecule has 1 fully saturated rings. The summed E-state index contributed by atoms with van der Waals surface area (Å²) in [6.45, 7) is 1.90. The van der Waals surface area contributed by atoms with E-state index < -0.39 is 5.97 Å². The number of hydrogen-bond acceptors (Lipinski definition) is 4. The van der Waals surface area contributed by atoms with E-state index in [0.29, 0.717) is 17.7 Å². The second-order valence-corrected chi connectivity index (χ2v) is 4.79. The Morgan fingerprint density at radius 3 is 2.93 bits per heavy atom. The lowest BCUT2D eigenvalue weighted by Crippen LogP contribution is -2.48. The lowest BCUT2D eigenvalue weighted by molar-refractivity contribution is -0.145. The first-order chi connectivity index (χ1) is 7.06. The Kier molecular flexibility index (Phi) is 2.47. The number of nitrogens with zero attached hydrogens (tertiary/aromatic N) is 1. The van der Waals surface area contributed by atoms with Gasteiger partial charge >= 0.3 is 5.97 Å². The summed E-state index contributed by atoms with van der Waals surface area (Å²) >= 11 is 1.41. The lowest BCUT2D eigenvalue weighted by Gasteiger charge is -2.33. The van der Waals surface area contributed by atoms with Crippen molar-refractivity contribution < 1.29 is 14.7 Å². The highest BCUT2D eigenvalue weighted by atomic mass is 32.2. The summed E-state index contributed by atoms with van der Waals surface area (Å²) in [5.74, 6) is -1.18. The number of aliphatic carboxylic acids is 1. The number of rotatable bonds is 3. The van der Waals surface area contributed by atoms with Gasteiger partial charge in [-0.1, -0.05) is 6.92 Å². The van der Waals surface area contributed by atoms with E-state index >= 15 is 0 Å². The Morgan fingerprint density at radius 2 is 2.47 bits per heavy atom. The molecule has 15 heavy (non-hydrogen) atoms. The number of fused-ring (bicyclic) bond motifs is 1. The quantitative estimate of drug-likeness (QED) is 0.680. The van der Waals surface area contributed by atoms with Crippen molar-refractivity contribution in [2.45, 2.75) is 31.2 Å². The molecule has 0 radical (unpaired) electrons. The number of carbonyl (C=O) groups excluding carboxylic acids is 1. The van der Waals surface area contributed by atoms with Gasteiger partial charge in [-0.25, -0.2) is 4.79 Å². The molecule has 0 aliphatic carbocycles. The van der Waals surface area contributed by atoms with Crippen LogP contribution in [0, 0.1) is 0 Å². The summed E-state index contributed by atoms with van der Waals surface area (Å²) in [5, 5.41) is 9.02. The molecular weight excluding hydrogens is 216 g/mol. The minimum absolute atomic E-state index is 0.0313. The first-order valence-corrected chi connectivity index (χ1v) is 5.66. The van der Waals surface area contributed by atoms with E-state index in [0.717, 1.165) is 0 Å². The molecule has 3 N–H and O–H groups in total. The molecule has 1 unspecified atom stereocenters. The second kappa shape index (κ2) is 3.53. The average Bonchev–Trinajstić information content (AvgIpc) is 2.50. The summed E-state index contributed by atoms with van der Waals surface area (Å²) in [6.07, 6.45) is 1.09. The van der Waals surface area contributed by atoms with Crippen LogP contribution in [0.15, 0.2) is 10.6 Å².